The molecule has 0 amide bonds. The Morgan fingerprint density at radius 2 is 2.16 bits per heavy atom. The number of nitrogens with one attached hydrogen (secondary N) is 2. The molecule has 1 aliphatic heterocycles. The molecule has 0 radical (unpaired) electrons. The topological polar surface area (TPSA) is 39.7 Å². The molecule has 0 aromatic carbocycles. The summed E-state index contributed by atoms with van der Waals surface area (Å²) in [5.41, 5.74) is 0. The minimum Gasteiger partial charge on any atom is -0.356 e. The molecule has 0 bridgehead atoms. The third kappa shape index (κ3) is 6.52. The Hall–Kier alpha value is -0.420. The molecule has 2 N–H and O–H groups in total. The van der Waals surface area contributed by atoms with Crippen LogP contribution in [0.25, 0.3) is 0 Å². The fourth-order valence-electron chi connectivity index (χ4n) is 2.27. The van der Waals surface area contributed by atoms with E-state index in [0.29, 0.717) is 0 Å². The summed E-state index contributed by atoms with van der Waals surface area (Å²) in [5, 5.41) is 6.88. The molecule has 1 rings (SSSR count). The van der Waals surface area contributed by atoms with Crippen molar-refractivity contribution >= 4 is 17.7 Å². The predicted octanol–water partition coefficient (Wildman–Crippen LogP) is 1.63. The maximum absolute atomic E-state index is 4.30. The Bertz CT molecular complexity index is 291. The van der Waals surface area contributed by atoms with Crippen LogP contribution in [-0.4, -0.2) is 62.1 Å². The molecule has 1 unspecified atom stereocenters. The Morgan fingerprint density at radius 1 is 1.42 bits per heavy atom. The molecule has 1 atom stereocenters. The second-order valence-corrected chi connectivity index (χ2v) is 7.55. The van der Waals surface area contributed by atoms with E-state index in [9.17, 15) is 0 Å². The van der Waals surface area contributed by atoms with Crippen LogP contribution in [0.4, 0.5) is 0 Å². The fraction of sp³-hybridized carbons (Fsp3) is 0.929. The largest absolute Gasteiger partial charge is 0.356 e. The third-order valence-electron chi connectivity index (χ3n) is 3.74. The zero-order chi connectivity index (χ0) is 14.3. The SMILES string of the molecule is CN=C(NCC1CCCN(C)C1)NCC(C)(C)SC. The molecular weight excluding hydrogens is 256 g/mol. The minimum absolute atomic E-state index is 0.239. The van der Waals surface area contributed by atoms with Crippen LogP contribution in [0.2, 0.25) is 0 Å². The zero-order valence-electron chi connectivity index (χ0n) is 13.1. The van der Waals surface area contributed by atoms with Crippen molar-refractivity contribution in [2.24, 2.45) is 10.9 Å². The first-order chi connectivity index (χ1) is 8.96. The zero-order valence-corrected chi connectivity index (χ0v) is 13.9. The molecule has 1 aliphatic rings. The van der Waals surface area contributed by atoms with Crippen molar-refractivity contribution in [3.63, 3.8) is 0 Å². The fourth-order valence-corrected chi connectivity index (χ4v) is 2.49. The summed E-state index contributed by atoms with van der Waals surface area (Å²) in [6.07, 6.45) is 4.79. The van der Waals surface area contributed by atoms with Gasteiger partial charge in [0.15, 0.2) is 5.96 Å². The quantitative estimate of drug-likeness (QED) is 0.595. The van der Waals surface area contributed by atoms with E-state index in [1.165, 1.54) is 25.9 Å². The van der Waals surface area contributed by atoms with Gasteiger partial charge < -0.3 is 15.5 Å². The summed E-state index contributed by atoms with van der Waals surface area (Å²) in [5.74, 6) is 1.67. The minimum atomic E-state index is 0.239. The van der Waals surface area contributed by atoms with Crippen molar-refractivity contribution in [2.75, 3.05) is 46.5 Å². The van der Waals surface area contributed by atoms with E-state index in [1.54, 1.807) is 0 Å². The van der Waals surface area contributed by atoms with Gasteiger partial charge in [0.25, 0.3) is 0 Å². The highest BCUT2D eigenvalue weighted by atomic mass is 32.2. The third-order valence-corrected chi connectivity index (χ3v) is 4.99. The lowest BCUT2D eigenvalue weighted by molar-refractivity contribution is 0.210. The van der Waals surface area contributed by atoms with Gasteiger partial charge in [-0.1, -0.05) is 0 Å². The lowest BCUT2D eigenvalue weighted by Gasteiger charge is -2.30. The molecule has 5 heteroatoms. The number of guanidine groups is 1. The first-order valence-corrected chi connectivity index (χ1v) is 8.37. The van der Waals surface area contributed by atoms with E-state index in [1.807, 2.05) is 18.8 Å². The lowest BCUT2D eigenvalue weighted by atomic mass is 9.99. The Labute approximate surface area is 122 Å². The van der Waals surface area contributed by atoms with Crippen molar-refractivity contribution in [1.82, 2.24) is 15.5 Å². The molecule has 0 aliphatic carbocycles. The molecule has 19 heavy (non-hydrogen) atoms. The number of hydrogen-bond donors (Lipinski definition) is 2. The first kappa shape index (κ1) is 16.6. The van der Waals surface area contributed by atoms with Crippen LogP contribution in [0.3, 0.4) is 0 Å². The van der Waals surface area contributed by atoms with Crippen LogP contribution < -0.4 is 10.6 Å². The van der Waals surface area contributed by atoms with Gasteiger partial charge in [0.05, 0.1) is 0 Å². The van der Waals surface area contributed by atoms with Crippen LogP contribution in [0.5, 0.6) is 0 Å². The summed E-state index contributed by atoms with van der Waals surface area (Å²) < 4.78 is 0.239. The molecule has 0 aromatic heterocycles. The highest BCUT2D eigenvalue weighted by Crippen LogP contribution is 2.19. The second kappa shape index (κ2) is 8.00. The molecular formula is C14H30N4S. The van der Waals surface area contributed by atoms with E-state index >= 15 is 0 Å². The average molecular weight is 286 g/mol. The van der Waals surface area contributed by atoms with E-state index in [-0.39, 0.29) is 4.75 Å². The maximum atomic E-state index is 4.30. The van der Waals surface area contributed by atoms with Crippen LogP contribution in [0, 0.1) is 5.92 Å². The molecule has 0 saturated carbocycles. The molecule has 1 fully saturated rings. The normalized spacial score (nSPS) is 22.4. The van der Waals surface area contributed by atoms with E-state index < -0.39 is 0 Å². The van der Waals surface area contributed by atoms with Crippen LogP contribution in [-0.2, 0) is 0 Å². The number of hydrogen-bond acceptors (Lipinski definition) is 3. The molecule has 0 aromatic rings. The maximum Gasteiger partial charge on any atom is 0.191 e. The summed E-state index contributed by atoms with van der Waals surface area (Å²) in [4.78, 5) is 6.72. The van der Waals surface area contributed by atoms with Crippen molar-refractivity contribution in [3.8, 4) is 0 Å². The number of rotatable bonds is 5. The van der Waals surface area contributed by atoms with Crippen LogP contribution in [0.15, 0.2) is 4.99 Å². The lowest BCUT2D eigenvalue weighted by Crippen LogP contribution is -2.46. The van der Waals surface area contributed by atoms with Gasteiger partial charge in [-0.2, -0.15) is 11.8 Å². The van der Waals surface area contributed by atoms with Crippen LogP contribution in [0.1, 0.15) is 26.7 Å². The standard InChI is InChI=1S/C14H30N4S/c1-14(2,19-5)11-17-13(15-3)16-9-12-7-6-8-18(4)10-12/h12H,6-11H2,1-5H3,(H2,15,16,17). The van der Waals surface area contributed by atoms with E-state index in [4.69, 9.17) is 0 Å². The van der Waals surface area contributed by atoms with Gasteiger partial charge in [-0.3, -0.25) is 4.99 Å². The predicted molar refractivity (Wildman–Crippen MR) is 87.2 cm³/mol. The van der Waals surface area contributed by atoms with Gasteiger partial charge >= 0.3 is 0 Å². The van der Waals surface area contributed by atoms with Gasteiger partial charge in [-0.15, -0.1) is 0 Å². The van der Waals surface area contributed by atoms with Crippen molar-refractivity contribution in [3.05, 3.63) is 0 Å². The highest BCUT2D eigenvalue weighted by Gasteiger charge is 2.18. The van der Waals surface area contributed by atoms with E-state index in [2.05, 4.69) is 47.7 Å². The summed E-state index contributed by atoms with van der Waals surface area (Å²) >= 11 is 1.87. The Morgan fingerprint density at radius 3 is 2.74 bits per heavy atom. The van der Waals surface area contributed by atoms with Crippen LogP contribution >= 0.6 is 11.8 Å². The number of piperidine rings is 1. The van der Waals surface area contributed by atoms with Crippen molar-refractivity contribution < 1.29 is 0 Å². The summed E-state index contributed by atoms with van der Waals surface area (Å²) in [6, 6.07) is 0. The molecule has 1 saturated heterocycles. The smallest absolute Gasteiger partial charge is 0.191 e. The number of likely N-dealkylation sites (tertiary alicyclic amines) is 1. The Kier molecular flexibility index (Phi) is 7.00. The molecule has 112 valence electrons. The highest BCUT2D eigenvalue weighted by molar-refractivity contribution is 7.99. The molecule has 1 heterocycles. The monoisotopic (exact) mass is 286 g/mol. The number of thioether (sulfide) groups is 1. The molecule has 4 nitrogen and oxygen atoms in total. The van der Waals surface area contributed by atoms with Gasteiger partial charge in [0.1, 0.15) is 0 Å². The molecule has 0 spiro atoms. The van der Waals surface area contributed by atoms with Gasteiger partial charge in [-0.25, -0.2) is 0 Å². The summed E-state index contributed by atoms with van der Waals surface area (Å²) in [7, 11) is 4.05. The summed E-state index contributed by atoms with van der Waals surface area (Å²) in [6.45, 7) is 8.87. The Balaban J connectivity index is 2.29. The average Bonchev–Trinajstić information content (AvgIpc) is 2.39. The van der Waals surface area contributed by atoms with Crippen molar-refractivity contribution in [2.45, 2.75) is 31.4 Å². The van der Waals surface area contributed by atoms with Gasteiger partial charge in [-0.05, 0) is 52.5 Å². The van der Waals surface area contributed by atoms with E-state index in [0.717, 1.165) is 25.0 Å². The number of aliphatic imine (C=N–C) groups is 1. The second-order valence-electron chi connectivity index (χ2n) is 6.04. The van der Waals surface area contributed by atoms with Gasteiger partial charge in [0, 0.05) is 31.4 Å². The van der Waals surface area contributed by atoms with Gasteiger partial charge in [0.2, 0.25) is 0 Å². The van der Waals surface area contributed by atoms with Crippen molar-refractivity contribution in [1.29, 1.82) is 0 Å². The first-order valence-electron chi connectivity index (χ1n) is 7.15. The number of nitrogens with zero attached hydrogens (tertiary/aromatic N) is 2.